The lowest BCUT2D eigenvalue weighted by Gasteiger charge is -2.47. The zero-order valence-corrected chi connectivity index (χ0v) is 91.2. The summed E-state index contributed by atoms with van der Waals surface area (Å²) in [6.45, 7) is 15.8. The molecule has 5 saturated heterocycles. The first kappa shape index (κ1) is 107. The molecule has 8 saturated carbocycles. The third-order valence-corrected chi connectivity index (χ3v) is 35.1. The minimum absolute atomic E-state index is 0.0476. The second-order valence-electron chi connectivity index (χ2n) is 44.4. The van der Waals surface area contributed by atoms with Gasteiger partial charge in [0.2, 0.25) is 45.7 Å². The zero-order chi connectivity index (χ0) is 105. The fraction of sp³-hybridized carbons (Fsp3) is 0.624. The third-order valence-electron chi connectivity index (χ3n) is 31.8. The number of halogens is 5. The molecule has 0 bridgehead atoms. The lowest BCUT2D eigenvalue weighted by molar-refractivity contribution is -0.134. The van der Waals surface area contributed by atoms with Gasteiger partial charge in [-0.15, -0.1) is 0 Å². The van der Waals surface area contributed by atoms with Crippen molar-refractivity contribution in [1.29, 1.82) is 0 Å². The lowest BCUT2D eigenvalue weighted by atomic mass is 9.67. The molecule has 0 radical (unpaired) electrons. The fourth-order valence-corrected chi connectivity index (χ4v) is 26.0. The standard InChI is InChI=1S/C23H32ClN7O.C22H34ClN7O.C19H25ClN8O.C19H26ClN7O2S.C18H25ClN8O/c1-30-15-18(13-26-30)28-22-25-14-19(24)21(29-22)27-17-4-6-23(7-5-17)8-10-31(11-9-23)20(32)12-16-2-3-16;1-21(2,31)15-30-10-8-22(9-11-30)6-4-16(5-7-22)26-19-18(23)13-24-20(28-19)27-17-12-25-29(3)14-17;1-27-10-15(6-22-27)24-18-21-7-16(20)17(26-18)23-14-4-11-8-28(9-12(11)5-14)19(29)25-13-2-3-13;1-26-10-16(6-22-26)24-19-21-7-17(20)18(25-19)23-15-4-13-8-27(9-14(13)5-15)30(28,29)11-12-2-3-12;1-3-20-18(28)27-8-11-4-13(5-12(11)9-27)23-16-15(19)7-21-17(25-16)24-14-6-22-26(2)10-14/h13-17H,2-12H2,1H3,(H2,25,27,28,29);12-14,16,31H,4-11,15H2,1-3H3,(H2,24,26,27,28);6-7,10-14H,2-5,8-9H2,1H3,(H,25,29)(H2,21,23,24,26);6-7,10,12-15H,2-5,8-9,11H2,1H3,(H2,21,23,24,25);6-7,10-13H,3-5,8-9H2,1-2H3,(H,20,28)(H2,21,23,24,25). The molecule has 6 atom stereocenters. The van der Waals surface area contributed by atoms with Crippen LogP contribution in [0.1, 0.15) is 181 Å². The molecule has 10 aromatic rings. The Kier molecular flexibility index (Phi) is 33.7. The van der Waals surface area contributed by atoms with Crippen molar-refractivity contribution < 1.29 is 27.9 Å². The van der Waals surface area contributed by atoms with Gasteiger partial charge in [0.1, 0.15) is 25.1 Å². The summed E-state index contributed by atoms with van der Waals surface area (Å²) in [5.41, 5.74) is 4.35. The number of anilines is 15. The summed E-state index contributed by atoms with van der Waals surface area (Å²) < 4.78 is 35.5. The Labute approximate surface area is 900 Å². The molecule has 2 spiro atoms. The highest BCUT2D eigenvalue weighted by Crippen LogP contribution is 2.50. The van der Waals surface area contributed by atoms with Crippen molar-refractivity contribution in [3.05, 3.63) is 118 Å². The third kappa shape index (κ3) is 29.0. The Bertz CT molecular complexity index is 6350. The Hall–Kier alpha value is -11.3. The highest BCUT2D eigenvalue weighted by Gasteiger charge is 2.49. The topological polar surface area (TPSA) is 484 Å². The number of likely N-dealkylation sites (tertiary alicyclic amines) is 4. The first-order valence-corrected chi connectivity index (χ1v) is 56.6. The van der Waals surface area contributed by atoms with Crippen molar-refractivity contribution in [2.45, 2.75) is 223 Å². The van der Waals surface area contributed by atoms with E-state index >= 15 is 0 Å². The predicted molar refractivity (Wildman–Crippen MR) is 582 cm³/mol. The highest BCUT2D eigenvalue weighted by atomic mass is 35.5. The van der Waals surface area contributed by atoms with Crippen molar-refractivity contribution in [1.82, 2.24) is 133 Å². The summed E-state index contributed by atoms with van der Waals surface area (Å²) >= 11 is 31.7. The van der Waals surface area contributed by atoms with Crippen LogP contribution in [0.5, 0.6) is 0 Å². The lowest BCUT2D eigenvalue weighted by Crippen LogP contribution is -2.47. The number of aryl methyl sites for hydroxylation is 5. The summed E-state index contributed by atoms with van der Waals surface area (Å²) in [5, 5.41) is 72.6. The van der Waals surface area contributed by atoms with Crippen LogP contribution in [0.15, 0.2) is 93.0 Å². The smallest absolute Gasteiger partial charge is 0.317 e. The van der Waals surface area contributed by atoms with Gasteiger partial charge in [-0.3, -0.25) is 28.2 Å². The Morgan fingerprint density at radius 3 is 0.967 bits per heavy atom. The van der Waals surface area contributed by atoms with Gasteiger partial charge in [-0.05, 0) is 246 Å². The van der Waals surface area contributed by atoms with Gasteiger partial charge in [-0.25, -0.2) is 47.2 Å². The van der Waals surface area contributed by atoms with E-state index in [0.717, 1.165) is 196 Å². The largest absolute Gasteiger partial charge is 0.389 e. The Morgan fingerprint density at radius 2 is 0.680 bits per heavy atom. The van der Waals surface area contributed by atoms with Gasteiger partial charge in [-0.2, -0.15) is 50.4 Å². The number of sulfonamides is 1. The number of nitrogens with zero attached hydrogens (tertiary/aromatic N) is 25. The number of urea groups is 2. The van der Waals surface area contributed by atoms with E-state index in [4.69, 9.17) is 58.0 Å². The van der Waals surface area contributed by atoms with E-state index in [1.54, 1.807) is 89.7 Å². The number of piperidine rings is 2. The van der Waals surface area contributed by atoms with E-state index in [9.17, 15) is 27.9 Å². The second-order valence-corrected chi connectivity index (χ2v) is 48.5. The molecule has 0 aromatic carbocycles. The van der Waals surface area contributed by atoms with E-state index in [-0.39, 0.29) is 18.1 Å². The van der Waals surface area contributed by atoms with Crippen LogP contribution < -0.4 is 63.8 Å². The molecular formula is C101H142Cl5N37O6S. The van der Waals surface area contributed by atoms with E-state index in [1.165, 1.54) is 51.4 Å². The highest BCUT2D eigenvalue weighted by molar-refractivity contribution is 7.89. The SMILES string of the molecule is CCNC(=O)N1CC2CC(Nc3nc(Nc4cnn(C)c4)ncc3Cl)CC2C1.Cn1cc(Nc2ncc(Cl)c(NC3CC4CN(C(=O)NC5CC5)CC4C3)n2)cn1.Cn1cc(Nc2ncc(Cl)c(NC3CC4CN(S(=O)(=O)CC5CC5)CC4C3)n2)cn1.Cn1cc(Nc2ncc(Cl)c(NC3CCC4(CC3)CCN(C(=O)CC3CC3)CC4)n2)cn1.Cn1cc(Nc2ncc(Cl)c(NC3CCC4(CC3)CCN(CC(C)(C)O)CC4)n2)cn1. The molecule has 5 aliphatic heterocycles. The van der Waals surface area contributed by atoms with Crippen LogP contribution in [-0.2, 0) is 50.1 Å². The van der Waals surface area contributed by atoms with Crippen LogP contribution in [-0.4, -0.2) is 280 Å². The number of fused-ring (bicyclic) bond motifs is 3. The number of aromatic nitrogens is 20. The molecule has 23 rings (SSSR count). The normalized spacial score (nSPS) is 23.7. The maximum absolute atomic E-state index is 12.6. The van der Waals surface area contributed by atoms with Crippen molar-refractivity contribution >= 4 is 173 Å². The molecule has 6 unspecified atom stereocenters. The molecule has 150 heavy (non-hydrogen) atoms. The summed E-state index contributed by atoms with van der Waals surface area (Å²) in [6, 6.07) is 2.12. The van der Waals surface area contributed by atoms with Gasteiger partial charge < -0.3 is 88.5 Å². The zero-order valence-electron chi connectivity index (χ0n) is 86.6. The first-order chi connectivity index (χ1) is 72.1. The van der Waals surface area contributed by atoms with Crippen LogP contribution in [0.2, 0.25) is 25.1 Å². The van der Waals surface area contributed by atoms with E-state index in [2.05, 4.69) is 149 Å². The minimum atomic E-state index is -3.10. The molecule has 13 aliphatic rings. The second kappa shape index (κ2) is 47.1. The first-order valence-electron chi connectivity index (χ1n) is 53.1. The molecule has 49 heteroatoms. The van der Waals surface area contributed by atoms with E-state index in [0.29, 0.717) is 204 Å². The molecule has 13 N–H and O–H groups in total. The van der Waals surface area contributed by atoms with E-state index < -0.39 is 15.6 Å². The number of carbonyl (C=O) groups is 3. The molecule has 808 valence electrons. The maximum atomic E-state index is 12.6. The average molecular weight is 2180 g/mol. The van der Waals surface area contributed by atoms with E-state index in [1.807, 2.05) is 96.8 Å². The van der Waals surface area contributed by atoms with Crippen LogP contribution in [0.3, 0.4) is 0 Å². The summed E-state index contributed by atoms with van der Waals surface area (Å²) in [4.78, 5) is 89.2. The fourth-order valence-electron chi connectivity index (χ4n) is 23.3. The van der Waals surface area contributed by atoms with Crippen LogP contribution >= 0.6 is 58.0 Å². The number of β-amino-alcohol motifs (C(OH)–C–C–N with tert-alkyl or cyclic N) is 1. The van der Waals surface area contributed by atoms with Gasteiger partial charge in [0.05, 0.1) is 102 Å². The number of hydrogen-bond acceptors (Lipinski definition) is 32. The molecule has 10 aromatic heterocycles. The minimum Gasteiger partial charge on any atom is -0.389 e. The summed E-state index contributed by atoms with van der Waals surface area (Å²) in [7, 11) is 6.19. The molecule has 13 fully saturated rings. The number of rotatable bonds is 29. The molecule has 8 aliphatic carbocycles. The number of carbonyl (C=O) groups excluding carboxylic acids is 3. The van der Waals surface area contributed by atoms with Gasteiger partial charge in [0.25, 0.3) is 0 Å². The molecular weight excluding hydrogens is 2040 g/mol. The number of amides is 5. The number of hydrogen-bond donors (Lipinski definition) is 13. The monoisotopic (exact) mass is 2180 g/mol. The van der Waals surface area contributed by atoms with Gasteiger partial charge in [0.15, 0.2) is 29.1 Å². The Morgan fingerprint density at radius 1 is 0.380 bits per heavy atom. The van der Waals surface area contributed by atoms with Crippen LogP contribution in [0.4, 0.5) is 96.9 Å². The van der Waals surface area contributed by atoms with Crippen molar-refractivity contribution in [2.75, 3.05) is 137 Å². The predicted octanol–water partition coefficient (Wildman–Crippen LogP) is 15.7. The van der Waals surface area contributed by atoms with Crippen molar-refractivity contribution in [3.8, 4) is 0 Å². The number of nitrogens with one attached hydrogen (secondary N) is 12. The average Bonchev–Trinajstić information content (AvgIpc) is 1.59. The number of aliphatic hydroxyl groups is 1. The van der Waals surface area contributed by atoms with Crippen LogP contribution in [0, 0.1) is 58.2 Å². The van der Waals surface area contributed by atoms with Gasteiger partial charge in [0, 0.05) is 174 Å². The summed E-state index contributed by atoms with van der Waals surface area (Å²) in [6.07, 6.45) is 53.5. The van der Waals surface area contributed by atoms with Gasteiger partial charge in [-0.1, -0.05) is 58.0 Å². The molecule has 5 amide bonds. The maximum Gasteiger partial charge on any atom is 0.317 e. The van der Waals surface area contributed by atoms with Crippen molar-refractivity contribution in [3.63, 3.8) is 0 Å². The molecule has 43 nitrogen and oxygen atoms in total. The molecule has 15 heterocycles. The Balaban J connectivity index is 0.000000118. The van der Waals surface area contributed by atoms with Gasteiger partial charge >= 0.3 is 12.1 Å². The van der Waals surface area contributed by atoms with Crippen molar-refractivity contribution in [2.24, 2.45) is 93.4 Å². The quantitative estimate of drug-likeness (QED) is 0.0207. The van der Waals surface area contributed by atoms with Crippen LogP contribution in [0.25, 0.3) is 0 Å². The summed E-state index contributed by atoms with van der Waals surface area (Å²) in [5.74, 6) is 10.3.